The van der Waals surface area contributed by atoms with Gasteiger partial charge in [0.1, 0.15) is 12.0 Å². The van der Waals surface area contributed by atoms with E-state index in [9.17, 15) is 19.2 Å². The molecule has 0 aliphatic rings. The van der Waals surface area contributed by atoms with Gasteiger partial charge in [-0.3, -0.25) is 24.4 Å². The second-order valence-electron chi connectivity index (χ2n) is 6.85. The lowest BCUT2D eigenvalue weighted by atomic mass is 9.95. The molecule has 0 heterocycles. The van der Waals surface area contributed by atoms with Crippen molar-refractivity contribution in [2.75, 3.05) is 5.73 Å². The third-order valence-electron chi connectivity index (χ3n) is 3.91. The van der Waals surface area contributed by atoms with Crippen LogP contribution in [0.1, 0.15) is 32.3 Å². The zero-order valence-electron chi connectivity index (χ0n) is 15.9. The SMILES string of the molecule is CC(C)C[C@@H](C(=O)NO)C(=O)N[C@@H](CC(N)=O)C(=O)NCc1cccc(N)c1. The summed E-state index contributed by atoms with van der Waals surface area (Å²) >= 11 is 0. The van der Waals surface area contributed by atoms with Crippen LogP contribution in [-0.2, 0) is 25.7 Å². The van der Waals surface area contributed by atoms with Crippen molar-refractivity contribution in [1.29, 1.82) is 0 Å². The molecule has 0 fully saturated rings. The number of nitrogen functional groups attached to an aromatic ring is 1. The van der Waals surface area contributed by atoms with Crippen molar-refractivity contribution in [3.05, 3.63) is 29.8 Å². The average molecular weight is 393 g/mol. The first-order valence-electron chi connectivity index (χ1n) is 8.78. The number of carbonyl (C=O) groups is 4. The Balaban J connectivity index is 2.84. The molecule has 1 aromatic carbocycles. The summed E-state index contributed by atoms with van der Waals surface area (Å²) in [6.45, 7) is 3.72. The minimum atomic E-state index is -1.26. The molecule has 28 heavy (non-hydrogen) atoms. The van der Waals surface area contributed by atoms with E-state index in [1.54, 1.807) is 38.1 Å². The van der Waals surface area contributed by atoms with Crippen molar-refractivity contribution in [3.63, 3.8) is 0 Å². The first-order chi connectivity index (χ1) is 13.1. The number of rotatable bonds is 10. The summed E-state index contributed by atoms with van der Waals surface area (Å²) < 4.78 is 0. The van der Waals surface area contributed by atoms with Crippen LogP contribution in [0.15, 0.2) is 24.3 Å². The van der Waals surface area contributed by atoms with Crippen LogP contribution in [0.3, 0.4) is 0 Å². The minimum absolute atomic E-state index is 0.0278. The number of nitrogens with one attached hydrogen (secondary N) is 3. The zero-order chi connectivity index (χ0) is 21.3. The van der Waals surface area contributed by atoms with Crippen LogP contribution in [0.4, 0.5) is 5.69 Å². The predicted molar refractivity (Wildman–Crippen MR) is 101 cm³/mol. The lowest BCUT2D eigenvalue weighted by Crippen LogP contribution is -2.52. The quantitative estimate of drug-likeness (QED) is 0.134. The number of hydrogen-bond donors (Lipinski definition) is 6. The maximum Gasteiger partial charge on any atom is 0.255 e. The molecule has 0 aliphatic heterocycles. The van der Waals surface area contributed by atoms with Crippen LogP contribution < -0.4 is 27.6 Å². The van der Waals surface area contributed by atoms with Gasteiger partial charge in [0.2, 0.25) is 17.7 Å². The third kappa shape index (κ3) is 7.62. The van der Waals surface area contributed by atoms with Crippen LogP contribution in [0.25, 0.3) is 0 Å². The van der Waals surface area contributed by atoms with Gasteiger partial charge in [-0.15, -0.1) is 0 Å². The predicted octanol–water partition coefficient (Wildman–Crippen LogP) is -0.587. The van der Waals surface area contributed by atoms with E-state index in [1.165, 1.54) is 5.48 Å². The maximum atomic E-state index is 12.5. The Bertz CT molecular complexity index is 722. The number of hydrogen-bond acceptors (Lipinski definition) is 6. The molecule has 0 aromatic heterocycles. The molecule has 4 amide bonds. The Labute approximate surface area is 163 Å². The molecule has 1 rings (SSSR count). The van der Waals surface area contributed by atoms with Crippen molar-refractivity contribution < 1.29 is 24.4 Å². The molecule has 154 valence electrons. The second kappa shape index (κ2) is 10.9. The standard InChI is InChI=1S/C18H27N5O5/c1-10(2)6-13(17(26)23-28)16(25)22-14(8-15(20)24)18(27)21-9-11-4-3-5-12(19)7-11/h3-5,7,10,13-14,28H,6,8-9,19H2,1-2H3,(H2,20,24)(H,21,27)(H,22,25)(H,23,26)/t13-,14+/m1/s1. The van der Waals surface area contributed by atoms with Gasteiger partial charge < -0.3 is 22.1 Å². The minimum Gasteiger partial charge on any atom is -0.399 e. The summed E-state index contributed by atoms with van der Waals surface area (Å²) in [5, 5.41) is 13.8. The highest BCUT2D eigenvalue weighted by molar-refractivity contribution is 6.02. The molecular formula is C18H27N5O5. The Hall–Kier alpha value is -3.14. The van der Waals surface area contributed by atoms with Gasteiger partial charge in [0.05, 0.1) is 6.42 Å². The van der Waals surface area contributed by atoms with Gasteiger partial charge in [0.25, 0.3) is 5.91 Å². The number of primary amides is 1. The van der Waals surface area contributed by atoms with Crippen LogP contribution in [0.5, 0.6) is 0 Å². The number of amides is 4. The summed E-state index contributed by atoms with van der Waals surface area (Å²) in [6.07, 6.45) is -0.296. The fourth-order valence-electron chi connectivity index (χ4n) is 2.58. The first kappa shape index (κ1) is 22.9. The molecule has 10 nitrogen and oxygen atoms in total. The molecule has 10 heteroatoms. The normalized spacial score (nSPS) is 12.7. The van der Waals surface area contributed by atoms with Gasteiger partial charge in [-0.05, 0) is 30.0 Å². The van der Waals surface area contributed by atoms with E-state index < -0.39 is 42.0 Å². The van der Waals surface area contributed by atoms with E-state index in [-0.39, 0.29) is 18.9 Å². The number of carbonyl (C=O) groups excluding carboxylic acids is 4. The number of anilines is 1. The lowest BCUT2D eigenvalue weighted by molar-refractivity contribution is -0.143. The molecule has 1 aromatic rings. The first-order valence-corrected chi connectivity index (χ1v) is 8.78. The van der Waals surface area contributed by atoms with E-state index in [2.05, 4.69) is 10.6 Å². The Kier molecular flexibility index (Phi) is 8.89. The van der Waals surface area contributed by atoms with Crippen LogP contribution >= 0.6 is 0 Å². The molecule has 0 saturated carbocycles. The fourth-order valence-corrected chi connectivity index (χ4v) is 2.58. The molecule has 0 spiro atoms. The summed E-state index contributed by atoms with van der Waals surface area (Å²) in [6, 6.07) is 5.59. The van der Waals surface area contributed by atoms with Crippen molar-refractivity contribution >= 4 is 29.3 Å². The average Bonchev–Trinajstić information content (AvgIpc) is 2.62. The number of nitrogens with two attached hydrogens (primary N) is 2. The molecule has 2 atom stereocenters. The van der Waals surface area contributed by atoms with Gasteiger partial charge in [-0.1, -0.05) is 26.0 Å². The summed E-state index contributed by atoms with van der Waals surface area (Å²) in [5.41, 5.74) is 13.6. The van der Waals surface area contributed by atoms with Crippen LogP contribution in [0, 0.1) is 11.8 Å². The third-order valence-corrected chi connectivity index (χ3v) is 3.91. The Morgan fingerprint density at radius 2 is 1.79 bits per heavy atom. The Morgan fingerprint density at radius 3 is 2.32 bits per heavy atom. The van der Waals surface area contributed by atoms with Crippen LogP contribution in [-0.4, -0.2) is 34.9 Å². The van der Waals surface area contributed by atoms with E-state index in [0.717, 1.165) is 5.56 Å². The van der Waals surface area contributed by atoms with E-state index in [4.69, 9.17) is 16.7 Å². The van der Waals surface area contributed by atoms with Gasteiger partial charge >= 0.3 is 0 Å². The topological polar surface area (TPSA) is 177 Å². The van der Waals surface area contributed by atoms with Gasteiger partial charge in [-0.2, -0.15) is 0 Å². The van der Waals surface area contributed by atoms with E-state index in [1.807, 2.05) is 0 Å². The summed E-state index contributed by atoms with van der Waals surface area (Å²) in [4.78, 5) is 48.0. The molecule has 0 saturated heterocycles. The molecule has 0 bridgehead atoms. The number of benzene rings is 1. The van der Waals surface area contributed by atoms with Crippen molar-refractivity contribution in [2.24, 2.45) is 17.6 Å². The highest BCUT2D eigenvalue weighted by Crippen LogP contribution is 2.13. The molecular weight excluding hydrogens is 366 g/mol. The van der Waals surface area contributed by atoms with Gasteiger partial charge in [-0.25, -0.2) is 5.48 Å². The maximum absolute atomic E-state index is 12.5. The smallest absolute Gasteiger partial charge is 0.255 e. The molecule has 8 N–H and O–H groups in total. The molecule has 0 aliphatic carbocycles. The van der Waals surface area contributed by atoms with Crippen molar-refractivity contribution in [3.8, 4) is 0 Å². The van der Waals surface area contributed by atoms with E-state index in [0.29, 0.717) is 5.69 Å². The van der Waals surface area contributed by atoms with Crippen molar-refractivity contribution in [1.82, 2.24) is 16.1 Å². The second-order valence-corrected chi connectivity index (χ2v) is 6.85. The van der Waals surface area contributed by atoms with E-state index >= 15 is 0 Å². The van der Waals surface area contributed by atoms with Crippen molar-refractivity contribution in [2.45, 2.75) is 39.3 Å². The Morgan fingerprint density at radius 1 is 1.11 bits per heavy atom. The molecule has 0 radical (unpaired) electrons. The lowest BCUT2D eigenvalue weighted by Gasteiger charge is -2.21. The number of hydroxylamine groups is 1. The monoisotopic (exact) mass is 393 g/mol. The van der Waals surface area contributed by atoms with Gasteiger partial charge in [0.15, 0.2) is 0 Å². The summed E-state index contributed by atoms with van der Waals surface area (Å²) in [5.74, 6) is -4.37. The van der Waals surface area contributed by atoms with Crippen LogP contribution in [0.2, 0.25) is 0 Å². The van der Waals surface area contributed by atoms with Gasteiger partial charge in [0, 0.05) is 12.2 Å². The summed E-state index contributed by atoms with van der Waals surface area (Å²) in [7, 11) is 0. The zero-order valence-corrected chi connectivity index (χ0v) is 15.9. The highest BCUT2D eigenvalue weighted by Gasteiger charge is 2.31. The highest BCUT2D eigenvalue weighted by atomic mass is 16.5. The molecule has 0 unspecified atom stereocenters. The fraction of sp³-hybridized carbons (Fsp3) is 0.444. The largest absolute Gasteiger partial charge is 0.399 e.